The molecule has 0 unspecified atom stereocenters. The molecular formula is C15H21N3. The van der Waals surface area contributed by atoms with Crippen molar-refractivity contribution in [1.82, 2.24) is 15.3 Å². The fourth-order valence-corrected chi connectivity index (χ4v) is 1.88. The van der Waals surface area contributed by atoms with Gasteiger partial charge in [-0.15, -0.1) is 0 Å². The number of rotatable bonds is 5. The molecule has 0 atom stereocenters. The van der Waals surface area contributed by atoms with Gasteiger partial charge in [-0.05, 0) is 31.9 Å². The van der Waals surface area contributed by atoms with Gasteiger partial charge in [-0.3, -0.25) is 4.98 Å². The molecule has 2 rings (SSSR count). The third kappa shape index (κ3) is 2.85. The van der Waals surface area contributed by atoms with Crippen molar-refractivity contribution in [2.45, 2.75) is 45.7 Å². The molecule has 0 saturated heterocycles. The maximum Gasteiger partial charge on any atom is 0.0890 e. The van der Waals surface area contributed by atoms with Crippen molar-refractivity contribution >= 4 is 11.0 Å². The monoisotopic (exact) mass is 243 g/mol. The third-order valence-electron chi connectivity index (χ3n) is 3.76. The normalized spacial score (nSPS) is 11.9. The summed E-state index contributed by atoms with van der Waals surface area (Å²) in [6.45, 7) is 7.45. The van der Waals surface area contributed by atoms with Gasteiger partial charge >= 0.3 is 0 Å². The van der Waals surface area contributed by atoms with Gasteiger partial charge in [0, 0.05) is 12.1 Å². The van der Waals surface area contributed by atoms with Crippen LogP contribution in [0.3, 0.4) is 0 Å². The highest BCUT2D eigenvalue weighted by Crippen LogP contribution is 2.15. The fraction of sp³-hybridized carbons (Fsp3) is 0.467. The van der Waals surface area contributed by atoms with Gasteiger partial charge in [0.25, 0.3) is 0 Å². The van der Waals surface area contributed by atoms with Crippen molar-refractivity contribution in [1.29, 1.82) is 0 Å². The lowest BCUT2D eigenvalue weighted by atomic mass is 9.95. The first-order valence-electron chi connectivity index (χ1n) is 6.62. The molecule has 3 heteroatoms. The third-order valence-corrected chi connectivity index (χ3v) is 3.76. The van der Waals surface area contributed by atoms with Crippen LogP contribution in [0.1, 0.15) is 39.3 Å². The minimum Gasteiger partial charge on any atom is -0.306 e. The molecule has 18 heavy (non-hydrogen) atoms. The van der Waals surface area contributed by atoms with E-state index in [4.69, 9.17) is 0 Å². The lowest BCUT2D eigenvalue weighted by Crippen LogP contribution is -2.40. The van der Waals surface area contributed by atoms with E-state index in [1.807, 2.05) is 30.5 Å². The van der Waals surface area contributed by atoms with Gasteiger partial charge in [-0.1, -0.05) is 26.0 Å². The quantitative estimate of drug-likeness (QED) is 0.875. The lowest BCUT2D eigenvalue weighted by Gasteiger charge is -2.28. The number of aromatic nitrogens is 2. The Morgan fingerprint density at radius 2 is 1.78 bits per heavy atom. The van der Waals surface area contributed by atoms with E-state index in [9.17, 15) is 0 Å². The van der Waals surface area contributed by atoms with Gasteiger partial charge in [-0.2, -0.15) is 0 Å². The molecule has 0 bridgehead atoms. The molecule has 1 N–H and O–H groups in total. The summed E-state index contributed by atoms with van der Waals surface area (Å²) < 4.78 is 0. The average molecular weight is 243 g/mol. The van der Waals surface area contributed by atoms with Crippen LogP contribution in [0.15, 0.2) is 30.5 Å². The summed E-state index contributed by atoms with van der Waals surface area (Å²) in [5.74, 6) is 0. The van der Waals surface area contributed by atoms with Gasteiger partial charge < -0.3 is 5.32 Å². The Hall–Kier alpha value is -1.48. The Bertz CT molecular complexity index is 518. The molecule has 1 heterocycles. The molecule has 0 aliphatic heterocycles. The standard InChI is InChI=1S/C15H21N3/c1-4-15(3,5-2)17-11-12-10-16-13-8-6-7-9-14(13)18-12/h6-10,17H,4-5,11H2,1-3H3. The molecule has 0 spiro atoms. The van der Waals surface area contributed by atoms with E-state index < -0.39 is 0 Å². The largest absolute Gasteiger partial charge is 0.306 e. The highest BCUT2D eigenvalue weighted by Gasteiger charge is 2.18. The van der Waals surface area contributed by atoms with Gasteiger partial charge in [0.2, 0.25) is 0 Å². The van der Waals surface area contributed by atoms with E-state index >= 15 is 0 Å². The number of nitrogens with zero attached hydrogens (tertiary/aromatic N) is 2. The molecule has 1 aromatic heterocycles. The number of nitrogens with one attached hydrogen (secondary N) is 1. The summed E-state index contributed by atoms with van der Waals surface area (Å²) >= 11 is 0. The molecule has 0 amide bonds. The van der Waals surface area contributed by atoms with Gasteiger partial charge in [0.1, 0.15) is 0 Å². The zero-order valence-corrected chi connectivity index (χ0v) is 11.4. The molecule has 2 aromatic rings. The number of para-hydroxylation sites is 2. The van der Waals surface area contributed by atoms with E-state index in [1.54, 1.807) is 0 Å². The summed E-state index contributed by atoms with van der Waals surface area (Å²) in [5.41, 5.74) is 3.11. The molecule has 3 nitrogen and oxygen atoms in total. The second-order valence-corrected chi connectivity index (χ2v) is 4.97. The van der Waals surface area contributed by atoms with Crippen molar-refractivity contribution in [3.05, 3.63) is 36.2 Å². The lowest BCUT2D eigenvalue weighted by molar-refractivity contribution is 0.327. The van der Waals surface area contributed by atoms with Crippen LogP contribution in [0, 0.1) is 0 Å². The zero-order chi connectivity index (χ0) is 13.0. The van der Waals surface area contributed by atoms with Crippen LogP contribution in [0.5, 0.6) is 0 Å². The number of hydrogen-bond acceptors (Lipinski definition) is 3. The maximum absolute atomic E-state index is 4.62. The first-order chi connectivity index (χ1) is 8.67. The maximum atomic E-state index is 4.62. The van der Waals surface area contributed by atoms with Crippen molar-refractivity contribution in [2.24, 2.45) is 0 Å². The number of fused-ring (bicyclic) bond motifs is 1. The van der Waals surface area contributed by atoms with Gasteiger partial charge in [0.05, 0.1) is 22.9 Å². The van der Waals surface area contributed by atoms with Crippen LogP contribution in [0.4, 0.5) is 0 Å². The van der Waals surface area contributed by atoms with E-state index in [2.05, 4.69) is 36.1 Å². The molecule has 0 aliphatic rings. The van der Waals surface area contributed by atoms with Crippen LogP contribution < -0.4 is 5.32 Å². The predicted octanol–water partition coefficient (Wildman–Crippen LogP) is 3.30. The van der Waals surface area contributed by atoms with Crippen LogP contribution in [0.2, 0.25) is 0 Å². The van der Waals surface area contributed by atoms with E-state index in [-0.39, 0.29) is 5.54 Å². The molecular weight excluding hydrogens is 222 g/mol. The van der Waals surface area contributed by atoms with Crippen LogP contribution in [-0.2, 0) is 6.54 Å². The topological polar surface area (TPSA) is 37.8 Å². The minimum atomic E-state index is 0.188. The number of benzene rings is 1. The van der Waals surface area contributed by atoms with Crippen LogP contribution >= 0.6 is 0 Å². The van der Waals surface area contributed by atoms with Crippen molar-refractivity contribution in [3.63, 3.8) is 0 Å². The Kier molecular flexibility index (Phi) is 3.92. The summed E-state index contributed by atoms with van der Waals surface area (Å²) in [6.07, 6.45) is 4.09. The average Bonchev–Trinajstić information content (AvgIpc) is 2.44. The molecule has 0 radical (unpaired) electrons. The summed E-state index contributed by atoms with van der Waals surface area (Å²) in [7, 11) is 0. The predicted molar refractivity (Wildman–Crippen MR) is 75.4 cm³/mol. The second-order valence-electron chi connectivity index (χ2n) is 4.97. The smallest absolute Gasteiger partial charge is 0.0890 e. The first kappa shape index (κ1) is 13.0. The highest BCUT2D eigenvalue weighted by molar-refractivity contribution is 5.73. The van der Waals surface area contributed by atoms with Crippen LogP contribution in [-0.4, -0.2) is 15.5 Å². The molecule has 0 fully saturated rings. The minimum absolute atomic E-state index is 0.188. The van der Waals surface area contributed by atoms with Crippen molar-refractivity contribution < 1.29 is 0 Å². The molecule has 96 valence electrons. The Morgan fingerprint density at radius 1 is 1.11 bits per heavy atom. The van der Waals surface area contributed by atoms with Crippen molar-refractivity contribution in [3.8, 4) is 0 Å². The fourth-order valence-electron chi connectivity index (χ4n) is 1.88. The molecule has 0 saturated carbocycles. The summed E-state index contributed by atoms with van der Waals surface area (Å²) in [6, 6.07) is 7.98. The Balaban J connectivity index is 2.12. The molecule has 1 aromatic carbocycles. The molecule has 0 aliphatic carbocycles. The van der Waals surface area contributed by atoms with E-state index in [0.29, 0.717) is 0 Å². The van der Waals surface area contributed by atoms with E-state index in [0.717, 1.165) is 36.1 Å². The number of hydrogen-bond donors (Lipinski definition) is 1. The van der Waals surface area contributed by atoms with Crippen LogP contribution in [0.25, 0.3) is 11.0 Å². The summed E-state index contributed by atoms with van der Waals surface area (Å²) in [4.78, 5) is 9.05. The SMILES string of the molecule is CCC(C)(CC)NCc1cnc2ccccc2n1. The van der Waals surface area contributed by atoms with Gasteiger partial charge in [-0.25, -0.2) is 4.98 Å². The first-order valence-corrected chi connectivity index (χ1v) is 6.62. The van der Waals surface area contributed by atoms with Crippen molar-refractivity contribution in [2.75, 3.05) is 0 Å². The van der Waals surface area contributed by atoms with Gasteiger partial charge in [0.15, 0.2) is 0 Å². The highest BCUT2D eigenvalue weighted by atomic mass is 15.0. The van der Waals surface area contributed by atoms with E-state index in [1.165, 1.54) is 0 Å². The zero-order valence-electron chi connectivity index (χ0n) is 11.4. The Morgan fingerprint density at radius 3 is 2.44 bits per heavy atom. The Labute approximate surface area is 109 Å². The summed E-state index contributed by atoms with van der Waals surface area (Å²) in [5, 5.41) is 3.57. The second kappa shape index (κ2) is 5.44.